The van der Waals surface area contributed by atoms with Crippen molar-refractivity contribution >= 4 is 27.3 Å². The van der Waals surface area contributed by atoms with Crippen LogP contribution in [0.4, 0.5) is 15.8 Å². The zero-order chi connectivity index (χ0) is 12.1. The molecule has 0 aromatic heterocycles. The average Bonchev–Trinajstić information content (AvgIpc) is 2.22. The van der Waals surface area contributed by atoms with Gasteiger partial charge in [-0.3, -0.25) is 0 Å². The standard InChI is InChI=1S/C10H14BrFN2O2/c1-16-5-6(15)4-14-10-3-8(12)7(11)2-9(10)13/h2-3,6,14-15H,4-5,13H2,1H3. The maximum absolute atomic E-state index is 13.2. The van der Waals surface area contributed by atoms with E-state index in [1.54, 1.807) is 0 Å². The molecule has 90 valence electrons. The number of hydrogen-bond acceptors (Lipinski definition) is 4. The SMILES string of the molecule is COCC(O)CNc1cc(F)c(Br)cc1N. The lowest BCUT2D eigenvalue weighted by Crippen LogP contribution is -2.24. The molecule has 0 saturated carbocycles. The van der Waals surface area contributed by atoms with Gasteiger partial charge in [0.1, 0.15) is 5.82 Å². The van der Waals surface area contributed by atoms with E-state index in [9.17, 15) is 9.50 Å². The number of benzene rings is 1. The van der Waals surface area contributed by atoms with E-state index in [1.807, 2.05) is 0 Å². The Kier molecular flexibility index (Phi) is 4.98. The van der Waals surface area contributed by atoms with Gasteiger partial charge >= 0.3 is 0 Å². The van der Waals surface area contributed by atoms with Crippen LogP contribution in [-0.2, 0) is 4.74 Å². The van der Waals surface area contributed by atoms with Gasteiger partial charge < -0.3 is 20.9 Å². The lowest BCUT2D eigenvalue weighted by atomic mass is 10.2. The number of nitrogens with two attached hydrogens (primary N) is 1. The summed E-state index contributed by atoms with van der Waals surface area (Å²) >= 11 is 3.03. The largest absolute Gasteiger partial charge is 0.397 e. The number of aliphatic hydroxyl groups excluding tert-OH is 1. The first-order chi connectivity index (χ1) is 7.54. The number of halogens is 2. The van der Waals surface area contributed by atoms with E-state index in [4.69, 9.17) is 10.5 Å². The molecule has 4 nitrogen and oxygen atoms in total. The van der Waals surface area contributed by atoms with Crippen molar-refractivity contribution in [1.29, 1.82) is 0 Å². The predicted octanol–water partition coefficient (Wildman–Crippen LogP) is 1.59. The summed E-state index contributed by atoms with van der Waals surface area (Å²) in [7, 11) is 1.50. The summed E-state index contributed by atoms with van der Waals surface area (Å²) in [6.45, 7) is 0.463. The molecular weight excluding hydrogens is 279 g/mol. The number of ether oxygens (including phenoxy) is 1. The Balaban J connectivity index is 2.63. The Morgan fingerprint density at radius 2 is 2.31 bits per heavy atom. The van der Waals surface area contributed by atoms with Gasteiger partial charge in [0.2, 0.25) is 0 Å². The third-order valence-corrected chi connectivity index (χ3v) is 2.59. The highest BCUT2D eigenvalue weighted by Gasteiger charge is 2.08. The highest BCUT2D eigenvalue weighted by Crippen LogP contribution is 2.26. The van der Waals surface area contributed by atoms with Crippen LogP contribution in [0.25, 0.3) is 0 Å². The van der Waals surface area contributed by atoms with Crippen LogP contribution in [0.2, 0.25) is 0 Å². The topological polar surface area (TPSA) is 67.5 Å². The lowest BCUT2D eigenvalue weighted by Gasteiger charge is -2.13. The molecule has 1 rings (SSSR count). The average molecular weight is 293 g/mol. The number of hydrogen-bond donors (Lipinski definition) is 3. The van der Waals surface area contributed by atoms with Gasteiger partial charge in [-0.2, -0.15) is 0 Å². The molecular formula is C10H14BrFN2O2. The van der Waals surface area contributed by atoms with Crippen molar-refractivity contribution in [1.82, 2.24) is 0 Å². The summed E-state index contributed by atoms with van der Waals surface area (Å²) in [6, 6.07) is 2.75. The minimum Gasteiger partial charge on any atom is -0.397 e. The normalized spacial score (nSPS) is 12.5. The molecule has 0 amide bonds. The molecule has 0 radical (unpaired) electrons. The van der Waals surface area contributed by atoms with Gasteiger partial charge in [-0.1, -0.05) is 0 Å². The third kappa shape index (κ3) is 3.62. The summed E-state index contributed by atoms with van der Waals surface area (Å²) < 4.78 is 18.3. The fourth-order valence-corrected chi connectivity index (χ4v) is 1.56. The number of nitrogen functional groups attached to an aromatic ring is 1. The maximum atomic E-state index is 13.2. The van der Waals surface area contributed by atoms with Crippen LogP contribution in [0.15, 0.2) is 16.6 Å². The van der Waals surface area contributed by atoms with E-state index in [0.29, 0.717) is 15.8 Å². The zero-order valence-electron chi connectivity index (χ0n) is 8.84. The second kappa shape index (κ2) is 6.03. The van der Waals surface area contributed by atoms with Crippen LogP contribution in [0.3, 0.4) is 0 Å². The second-order valence-corrected chi connectivity index (χ2v) is 4.20. The first-order valence-corrected chi connectivity index (χ1v) is 5.49. The van der Waals surface area contributed by atoms with Crippen molar-refractivity contribution in [3.05, 3.63) is 22.4 Å². The number of rotatable bonds is 5. The Hall–Kier alpha value is -0.850. The van der Waals surface area contributed by atoms with Crippen molar-refractivity contribution in [3.8, 4) is 0 Å². The molecule has 0 spiro atoms. The Morgan fingerprint density at radius 1 is 1.62 bits per heavy atom. The zero-order valence-corrected chi connectivity index (χ0v) is 10.4. The predicted molar refractivity (Wildman–Crippen MR) is 64.9 cm³/mol. The smallest absolute Gasteiger partial charge is 0.139 e. The van der Waals surface area contributed by atoms with E-state index in [2.05, 4.69) is 21.2 Å². The van der Waals surface area contributed by atoms with Gasteiger partial charge in [-0.15, -0.1) is 0 Å². The lowest BCUT2D eigenvalue weighted by molar-refractivity contribution is 0.0727. The maximum Gasteiger partial charge on any atom is 0.139 e. The molecule has 4 N–H and O–H groups in total. The fourth-order valence-electron chi connectivity index (χ4n) is 1.19. The fraction of sp³-hybridized carbons (Fsp3) is 0.400. The summed E-state index contributed by atoms with van der Waals surface area (Å²) in [4.78, 5) is 0. The van der Waals surface area contributed by atoms with Gasteiger partial charge in [-0.25, -0.2) is 4.39 Å². The summed E-state index contributed by atoms with van der Waals surface area (Å²) in [5.74, 6) is -0.405. The Bertz CT molecular complexity index is 363. The number of methoxy groups -OCH3 is 1. The molecule has 0 aliphatic heterocycles. The molecule has 0 aliphatic carbocycles. The van der Waals surface area contributed by atoms with Crippen molar-refractivity contribution in [2.24, 2.45) is 0 Å². The number of aliphatic hydroxyl groups is 1. The summed E-state index contributed by atoms with van der Waals surface area (Å²) in [6.07, 6.45) is -0.656. The Labute approximate surface area is 102 Å². The second-order valence-electron chi connectivity index (χ2n) is 3.34. The van der Waals surface area contributed by atoms with Crippen LogP contribution in [0.5, 0.6) is 0 Å². The first kappa shape index (κ1) is 13.2. The molecule has 0 heterocycles. The van der Waals surface area contributed by atoms with E-state index < -0.39 is 11.9 Å². The molecule has 0 saturated heterocycles. The molecule has 6 heteroatoms. The molecule has 0 fully saturated rings. The van der Waals surface area contributed by atoms with Crippen molar-refractivity contribution in [2.75, 3.05) is 31.3 Å². The first-order valence-electron chi connectivity index (χ1n) is 4.70. The van der Waals surface area contributed by atoms with Crippen molar-refractivity contribution in [2.45, 2.75) is 6.10 Å². The van der Waals surface area contributed by atoms with Crippen LogP contribution >= 0.6 is 15.9 Å². The van der Waals surface area contributed by atoms with Gasteiger partial charge in [0, 0.05) is 19.7 Å². The van der Waals surface area contributed by atoms with Gasteiger partial charge in [0.25, 0.3) is 0 Å². The minimum absolute atomic E-state index is 0.214. The molecule has 0 aliphatic rings. The molecule has 16 heavy (non-hydrogen) atoms. The Morgan fingerprint density at radius 3 is 2.94 bits per heavy atom. The van der Waals surface area contributed by atoms with Crippen LogP contribution in [0, 0.1) is 5.82 Å². The van der Waals surface area contributed by atoms with Crippen LogP contribution < -0.4 is 11.1 Å². The van der Waals surface area contributed by atoms with Crippen LogP contribution in [0.1, 0.15) is 0 Å². The van der Waals surface area contributed by atoms with Gasteiger partial charge in [0.05, 0.1) is 28.6 Å². The number of nitrogens with one attached hydrogen (secondary N) is 1. The molecule has 1 unspecified atom stereocenters. The molecule has 0 bridgehead atoms. The van der Waals surface area contributed by atoms with Crippen molar-refractivity contribution in [3.63, 3.8) is 0 Å². The van der Waals surface area contributed by atoms with Gasteiger partial charge in [-0.05, 0) is 22.0 Å². The van der Waals surface area contributed by atoms with E-state index >= 15 is 0 Å². The molecule has 1 atom stereocenters. The third-order valence-electron chi connectivity index (χ3n) is 1.98. The quantitative estimate of drug-likeness (QED) is 0.721. The highest BCUT2D eigenvalue weighted by molar-refractivity contribution is 9.10. The summed E-state index contributed by atoms with van der Waals surface area (Å²) in [5.41, 5.74) is 6.55. The van der Waals surface area contributed by atoms with E-state index in [1.165, 1.54) is 19.2 Å². The van der Waals surface area contributed by atoms with E-state index in [-0.39, 0.29) is 13.2 Å². The minimum atomic E-state index is -0.656. The van der Waals surface area contributed by atoms with E-state index in [0.717, 1.165) is 0 Å². The molecule has 1 aromatic carbocycles. The van der Waals surface area contributed by atoms with Crippen molar-refractivity contribution < 1.29 is 14.2 Å². The molecule has 1 aromatic rings. The van der Waals surface area contributed by atoms with Crippen LogP contribution in [-0.4, -0.2) is 31.5 Å². The van der Waals surface area contributed by atoms with Gasteiger partial charge in [0.15, 0.2) is 0 Å². The monoisotopic (exact) mass is 292 g/mol. The highest BCUT2D eigenvalue weighted by atomic mass is 79.9. The summed E-state index contributed by atoms with van der Waals surface area (Å²) in [5, 5.41) is 12.2. The number of anilines is 2.